The SMILES string of the molecule is COC1=CC([N+](=O)[O-])CC2=C1OC1(C=C2)N(Cc2ccc(-c3ccc(-c4ccccc4)cc3)cc2)c2ccccc2C1(C)C. The third-order valence-electron chi connectivity index (χ3n) is 9.33. The number of hydrogen-bond acceptors (Lipinski definition) is 5. The first-order chi connectivity index (χ1) is 21.3. The molecule has 0 amide bonds. The van der Waals surface area contributed by atoms with Crippen molar-refractivity contribution in [2.45, 2.75) is 44.0 Å². The van der Waals surface area contributed by atoms with Crippen LogP contribution < -0.4 is 4.90 Å². The van der Waals surface area contributed by atoms with E-state index < -0.39 is 17.2 Å². The molecule has 0 saturated heterocycles. The number of para-hydroxylation sites is 1. The van der Waals surface area contributed by atoms with Gasteiger partial charge < -0.3 is 14.4 Å². The van der Waals surface area contributed by atoms with Gasteiger partial charge in [0.1, 0.15) is 0 Å². The molecule has 2 unspecified atom stereocenters. The molecule has 220 valence electrons. The van der Waals surface area contributed by atoms with Crippen LogP contribution in [0.2, 0.25) is 0 Å². The van der Waals surface area contributed by atoms with Gasteiger partial charge in [0.25, 0.3) is 0 Å². The maximum absolute atomic E-state index is 11.6. The Morgan fingerprint density at radius 2 is 1.45 bits per heavy atom. The summed E-state index contributed by atoms with van der Waals surface area (Å²) >= 11 is 0. The molecule has 3 aliphatic rings. The lowest BCUT2D eigenvalue weighted by atomic mass is 9.76. The van der Waals surface area contributed by atoms with Crippen molar-refractivity contribution >= 4 is 5.69 Å². The average molecular weight is 583 g/mol. The summed E-state index contributed by atoms with van der Waals surface area (Å²) in [5, 5.41) is 11.6. The van der Waals surface area contributed by atoms with E-state index in [9.17, 15) is 10.1 Å². The maximum Gasteiger partial charge on any atom is 0.239 e. The average Bonchev–Trinajstić information content (AvgIpc) is 3.23. The van der Waals surface area contributed by atoms with E-state index in [1.165, 1.54) is 29.4 Å². The molecule has 1 aliphatic carbocycles. The largest absolute Gasteiger partial charge is 0.493 e. The lowest BCUT2D eigenvalue weighted by Gasteiger charge is -2.48. The number of ether oxygens (including phenoxy) is 2. The van der Waals surface area contributed by atoms with Crippen LogP contribution in [0.5, 0.6) is 0 Å². The van der Waals surface area contributed by atoms with Crippen LogP contribution in [0, 0.1) is 10.1 Å². The summed E-state index contributed by atoms with van der Waals surface area (Å²) in [4.78, 5) is 13.7. The summed E-state index contributed by atoms with van der Waals surface area (Å²) in [6.07, 6.45) is 5.92. The number of nitrogens with zero attached hydrogens (tertiary/aromatic N) is 2. The van der Waals surface area contributed by atoms with Crippen LogP contribution in [0.15, 0.2) is 138 Å². The third-order valence-corrected chi connectivity index (χ3v) is 9.33. The first-order valence-corrected chi connectivity index (χ1v) is 14.9. The highest BCUT2D eigenvalue weighted by Crippen LogP contribution is 2.56. The number of rotatable bonds is 6. The molecule has 6 nitrogen and oxygen atoms in total. The fraction of sp³-hybridized carbons (Fsp3) is 0.211. The van der Waals surface area contributed by atoms with Gasteiger partial charge >= 0.3 is 0 Å². The molecular weight excluding hydrogens is 548 g/mol. The van der Waals surface area contributed by atoms with Crippen LogP contribution in [-0.4, -0.2) is 23.8 Å². The Kier molecular flexibility index (Phi) is 6.65. The first-order valence-electron chi connectivity index (χ1n) is 14.9. The summed E-state index contributed by atoms with van der Waals surface area (Å²) in [5.41, 5.74) is 7.66. The smallest absolute Gasteiger partial charge is 0.239 e. The Bertz CT molecular complexity index is 1820. The summed E-state index contributed by atoms with van der Waals surface area (Å²) in [6, 6.07) is 35.4. The molecule has 2 atom stereocenters. The second kappa shape index (κ2) is 10.6. The quantitative estimate of drug-likeness (QED) is 0.169. The van der Waals surface area contributed by atoms with E-state index in [1.54, 1.807) is 6.08 Å². The van der Waals surface area contributed by atoms with E-state index in [0.717, 1.165) is 22.4 Å². The van der Waals surface area contributed by atoms with Gasteiger partial charge in [0, 0.05) is 35.2 Å². The van der Waals surface area contributed by atoms with Crippen molar-refractivity contribution in [3.8, 4) is 22.3 Å². The second-order valence-corrected chi connectivity index (χ2v) is 12.1. The zero-order valence-electron chi connectivity index (χ0n) is 25.1. The lowest BCUT2D eigenvalue weighted by Crippen LogP contribution is -2.57. The zero-order valence-corrected chi connectivity index (χ0v) is 25.1. The van der Waals surface area contributed by atoms with Gasteiger partial charge in [-0.15, -0.1) is 0 Å². The van der Waals surface area contributed by atoms with Gasteiger partial charge in [0.15, 0.2) is 11.5 Å². The summed E-state index contributed by atoms with van der Waals surface area (Å²) in [6.45, 7) is 5.01. The van der Waals surface area contributed by atoms with Crippen LogP contribution in [0.25, 0.3) is 22.3 Å². The van der Waals surface area contributed by atoms with Crippen molar-refractivity contribution in [1.29, 1.82) is 0 Å². The zero-order chi connectivity index (χ0) is 30.5. The summed E-state index contributed by atoms with van der Waals surface area (Å²) < 4.78 is 12.6. The second-order valence-electron chi connectivity index (χ2n) is 12.1. The summed E-state index contributed by atoms with van der Waals surface area (Å²) in [5.74, 6) is 0.985. The van der Waals surface area contributed by atoms with Crippen LogP contribution >= 0.6 is 0 Å². The van der Waals surface area contributed by atoms with Crippen molar-refractivity contribution in [2.24, 2.45) is 0 Å². The molecule has 0 N–H and O–H groups in total. The van der Waals surface area contributed by atoms with Gasteiger partial charge in [0.05, 0.1) is 12.5 Å². The van der Waals surface area contributed by atoms with Crippen molar-refractivity contribution < 1.29 is 14.4 Å². The Labute approximate surface area is 257 Å². The molecule has 0 aromatic heterocycles. The highest BCUT2D eigenvalue weighted by molar-refractivity contribution is 5.71. The molecule has 4 aromatic carbocycles. The van der Waals surface area contributed by atoms with E-state index in [-0.39, 0.29) is 11.3 Å². The van der Waals surface area contributed by atoms with Crippen molar-refractivity contribution in [3.63, 3.8) is 0 Å². The third kappa shape index (κ3) is 4.41. The number of fused-ring (bicyclic) bond motifs is 1. The monoisotopic (exact) mass is 582 g/mol. The van der Waals surface area contributed by atoms with Gasteiger partial charge in [-0.3, -0.25) is 10.1 Å². The van der Waals surface area contributed by atoms with Crippen molar-refractivity contribution in [2.75, 3.05) is 12.0 Å². The molecule has 7 rings (SSSR count). The minimum absolute atomic E-state index is 0.267. The minimum Gasteiger partial charge on any atom is -0.493 e. The molecule has 2 heterocycles. The highest BCUT2D eigenvalue weighted by atomic mass is 16.6. The molecule has 44 heavy (non-hydrogen) atoms. The van der Waals surface area contributed by atoms with E-state index in [4.69, 9.17) is 9.47 Å². The Hall–Kier alpha value is -5.10. The van der Waals surface area contributed by atoms with Gasteiger partial charge in [-0.05, 0) is 59.4 Å². The predicted octanol–water partition coefficient (Wildman–Crippen LogP) is 8.43. The maximum atomic E-state index is 11.6. The van der Waals surface area contributed by atoms with Gasteiger partial charge in [-0.1, -0.05) is 103 Å². The van der Waals surface area contributed by atoms with Gasteiger partial charge in [-0.25, -0.2) is 0 Å². The Morgan fingerprint density at radius 3 is 2.09 bits per heavy atom. The van der Waals surface area contributed by atoms with Gasteiger partial charge in [0.2, 0.25) is 11.8 Å². The molecule has 1 spiro atoms. The molecule has 0 saturated carbocycles. The highest BCUT2D eigenvalue weighted by Gasteiger charge is 2.59. The lowest BCUT2D eigenvalue weighted by molar-refractivity contribution is -0.509. The standard InChI is InChI=1S/C38H34N2O4/c1-37(2)33-11-7-8-12-34(33)39(38(37)22-21-31-23-32(40(41)42)24-35(43-3)36(31)44-38)25-26-13-15-28(16-14-26)30-19-17-29(18-20-30)27-9-5-4-6-10-27/h4-22,24,32H,23,25H2,1-3H3. The number of benzene rings is 4. The van der Waals surface area contributed by atoms with E-state index in [2.05, 4.69) is 122 Å². The van der Waals surface area contributed by atoms with Crippen LogP contribution in [0.4, 0.5) is 5.69 Å². The molecule has 0 bridgehead atoms. The topological polar surface area (TPSA) is 64.8 Å². The number of allylic oxidation sites excluding steroid dienone is 1. The molecule has 4 aromatic rings. The first kappa shape index (κ1) is 27.7. The number of nitro groups is 1. The van der Waals surface area contributed by atoms with Crippen LogP contribution in [-0.2, 0) is 21.4 Å². The van der Waals surface area contributed by atoms with Gasteiger partial charge in [-0.2, -0.15) is 0 Å². The molecule has 0 radical (unpaired) electrons. The van der Waals surface area contributed by atoms with Crippen molar-refractivity contribution in [3.05, 3.63) is 160 Å². The van der Waals surface area contributed by atoms with E-state index >= 15 is 0 Å². The van der Waals surface area contributed by atoms with Crippen LogP contribution in [0.3, 0.4) is 0 Å². The fourth-order valence-corrected chi connectivity index (χ4v) is 6.85. The number of methoxy groups -OCH3 is 1. The summed E-state index contributed by atoms with van der Waals surface area (Å²) in [7, 11) is 1.54. The minimum atomic E-state index is -0.861. The molecular formula is C38H34N2O4. The number of anilines is 1. The van der Waals surface area contributed by atoms with Crippen LogP contribution in [0.1, 0.15) is 31.4 Å². The normalized spacial score (nSPS) is 21.4. The fourth-order valence-electron chi connectivity index (χ4n) is 6.85. The molecule has 6 heteroatoms. The number of hydrogen-bond donors (Lipinski definition) is 0. The van der Waals surface area contributed by atoms with E-state index in [0.29, 0.717) is 18.1 Å². The molecule has 0 fully saturated rings. The predicted molar refractivity (Wildman–Crippen MR) is 173 cm³/mol. The Balaban J connectivity index is 1.20. The molecule has 2 aliphatic heterocycles. The Morgan fingerprint density at radius 1 is 0.864 bits per heavy atom. The van der Waals surface area contributed by atoms with E-state index in [1.807, 2.05) is 12.1 Å². The van der Waals surface area contributed by atoms with Crippen molar-refractivity contribution in [1.82, 2.24) is 0 Å².